The molecule has 0 saturated heterocycles. The zero-order valence-electron chi connectivity index (χ0n) is 12.1. The van der Waals surface area contributed by atoms with Gasteiger partial charge in [0, 0.05) is 17.2 Å². The highest BCUT2D eigenvalue weighted by Gasteiger charge is 2.20. The molecule has 0 aliphatic carbocycles. The Hall–Kier alpha value is -3.04. The van der Waals surface area contributed by atoms with E-state index in [2.05, 4.69) is 5.32 Å². The summed E-state index contributed by atoms with van der Waals surface area (Å²) >= 11 is 11.4. The van der Waals surface area contributed by atoms with Gasteiger partial charge in [-0.25, -0.2) is 0 Å². The number of phenols is 2. The van der Waals surface area contributed by atoms with Crippen molar-refractivity contribution in [2.45, 2.75) is 0 Å². The lowest BCUT2D eigenvalue weighted by molar-refractivity contribution is -0.384. The summed E-state index contributed by atoms with van der Waals surface area (Å²) in [6, 6.07) is 5.30. The van der Waals surface area contributed by atoms with E-state index in [0.29, 0.717) is 0 Å². The number of phenolic OH excluding ortho intramolecular Hbond substituents is 2. The molecule has 0 radical (unpaired) electrons. The number of anilines is 2. The van der Waals surface area contributed by atoms with E-state index in [0.717, 1.165) is 18.2 Å². The number of non-ortho nitro benzene ring substituents is 1. The lowest BCUT2D eigenvalue weighted by atomic mass is 10.2. The van der Waals surface area contributed by atoms with Crippen LogP contribution in [0.2, 0.25) is 10.0 Å². The fraction of sp³-hybridized carbons (Fsp3) is 0. The third-order valence-electron chi connectivity index (χ3n) is 2.92. The summed E-state index contributed by atoms with van der Waals surface area (Å²) in [5.74, 6) is -3.43. The molecule has 2 aromatic carbocycles. The Morgan fingerprint density at radius 2 is 1.60 bits per heavy atom. The number of hydrogen-bond acceptors (Lipinski definition) is 6. The van der Waals surface area contributed by atoms with Crippen LogP contribution in [0.3, 0.4) is 0 Å². The quantitative estimate of drug-likeness (QED) is 0.277. The van der Waals surface area contributed by atoms with Gasteiger partial charge >= 0.3 is 11.8 Å². The highest BCUT2D eigenvalue weighted by molar-refractivity contribution is 6.44. The molecular weight excluding hydrogens is 377 g/mol. The molecule has 2 rings (SSSR count). The van der Waals surface area contributed by atoms with Crippen LogP contribution in [0.15, 0.2) is 30.3 Å². The Morgan fingerprint density at radius 1 is 1.00 bits per heavy atom. The van der Waals surface area contributed by atoms with Crippen LogP contribution in [0.25, 0.3) is 0 Å². The molecule has 0 unspecified atom stereocenters. The molecule has 11 heteroatoms. The maximum absolute atomic E-state index is 11.9. The highest BCUT2D eigenvalue weighted by atomic mass is 35.5. The Labute approximate surface area is 149 Å². The molecule has 0 spiro atoms. The first-order chi connectivity index (χ1) is 11.7. The van der Waals surface area contributed by atoms with Crippen LogP contribution in [0, 0.1) is 10.1 Å². The number of aromatic hydroxyl groups is 2. The first kappa shape index (κ1) is 18.3. The summed E-state index contributed by atoms with van der Waals surface area (Å²) in [4.78, 5) is 33.7. The van der Waals surface area contributed by atoms with E-state index >= 15 is 0 Å². The van der Waals surface area contributed by atoms with Crippen molar-refractivity contribution in [3.8, 4) is 11.5 Å². The first-order valence-electron chi connectivity index (χ1n) is 6.46. The maximum Gasteiger partial charge on any atom is 0.314 e. The SMILES string of the molecule is O=C(Nc1cc([N+](=O)[O-])ccc1O)C(=O)Nc1cc(Cl)cc(Cl)c1O. The molecule has 0 aliphatic heterocycles. The topological polar surface area (TPSA) is 142 Å². The third kappa shape index (κ3) is 4.28. The van der Waals surface area contributed by atoms with Crippen LogP contribution in [0.5, 0.6) is 11.5 Å². The van der Waals surface area contributed by atoms with Crippen LogP contribution in [-0.4, -0.2) is 27.0 Å². The average molecular weight is 386 g/mol. The number of carbonyl (C=O) groups is 2. The lowest BCUT2D eigenvalue weighted by Crippen LogP contribution is -2.29. The zero-order valence-corrected chi connectivity index (χ0v) is 13.6. The summed E-state index contributed by atoms with van der Waals surface area (Å²) in [5.41, 5.74) is -0.934. The number of nitrogens with zero attached hydrogens (tertiary/aromatic N) is 1. The van der Waals surface area contributed by atoms with Crippen LogP contribution in [0.1, 0.15) is 0 Å². The average Bonchev–Trinajstić information content (AvgIpc) is 2.53. The monoisotopic (exact) mass is 385 g/mol. The molecule has 2 amide bonds. The molecule has 0 fully saturated rings. The summed E-state index contributed by atoms with van der Waals surface area (Å²) in [7, 11) is 0. The van der Waals surface area contributed by atoms with E-state index in [4.69, 9.17) is 23.2 Å². The smallest absolute Gasteiger partial charge is 0.314 e. The van der Waals surface area contributed by atoms with Gasteiger partial charge in [0.2, 0.25) is 0 Å². The van der Waals surface area contributed by atoms with E-state index in [9.17, 15) is 29.9 Å². The number of nitro benzene ring substituents is 1. The van der Waals surface area contributed by atoms with Crippen molar-refractivity contribution in [2.75, 3.05) is 10.6 Å². The molecule has 0 bridgehead atoms. The number of nitro groups is 1. The third-order valence-corrected chi connectivity index (χ3v) is 3.43. The van der Waals surface area contributed by atoms with Gasteiger partial charge in [-0.15, -0.1) is 0 Å². The van der Waals surface area contributed by atoms with Gasteiger partial charge in [-0.05, 0) is 18.2 Å². The van der Waals surface area contributed by atoms with E-state index in [1.807, 2.05) is 5.32 Å². The molecule has 2 aromatic rings. The maximum atomic E-state index is 11.9. The molecule has 0 aromatic heterocycles. The molecule has 25 heavy (non-hydrogen) atoms. The van der Waals surface area contributed by atoms with Gasteiger partial charge in [-0.3, -0.25) is 19.7 Å². The molecule has 9 nitrogen and oxygen atoms in total. The normalized spacial score (nSPS) is 10.2. The van der Waals surface area contributed by atoms with Crippen LogP contribution in [-0.2, 0) is 9.59 Å². The Morgan fingerprint density at radius 3 is 2.20 bits per heavy atom. The van der Waals surface area contributed by atoms with E-state index in [1.54, 1.807) is 0 Å². The second-order valence-corrected chi connectivity index (χ2v) is 5.49. The van der Waals surface area contributed by atoms with Gasteiger partial charge < -0.3 is 20.8 Å². The van der Waals surface area contributed by atoms with E-state index in [-0.39, 0.29) is 21.4 Å². The van der Waals surface area contributed by atoms with Crippen molar-refractivity contribution in [1.29, 1.82) is 0 Å². The number of nitrogens with one attached hydrogen (secondary N) is 2. The number of carbonyl (C=O) groups excluding carboxylic acids is 2. The van der Waals surface area contributed by atoms with Gasteiger partial charge in [0.15, 0.2) is 5.75 Å². The summed E-state index contributed by atoms with van der Waals surface area (Å²) in [6.45, 7) is 0. The van der Waals surface area contributed by atoms with Crippen molar-refractivity contribution in [1.82, 2.24) is 0 Å². The molecule has 0 saturated carbocycles. The van der Waals surface area contributed by atoms with E-state index < -0.39 is 33.9 Å². The lowest BCUT2D eigenvalue weighted by Gasteiger charge is -2.10. The molecule has 4 N–H and O–H groups in total. The number of hydrogen-bond donors (Lipinski definition) is 4. The molecular formula is C14H9Cl2N3O6. The van der Waals surface area contributed by atoms with Gasteiger partial charge in [-0.2, -0.15) is 0 Å². The van der Waals surface area contributed by atoms with Crippen LogP contribution in [0.4, 0.5) is 17.1 Å². The Kier molecular flexibility index (Phi) is 5.30. The fourth-order valence-electron chi connectivity index (χ4n) is 1.76. The van der Waals surface area contributed by atoms with Crippen molar-refractivity contribution >= 4 is 52.1 Å². The minimum atomic E-state index is -1.24. The van der Waals surface area contributed by atoms with Crippen molar-refractivity contribution < 1.29 is 24.7 Å². The largest absolute Gasteiger partial charge is 0.506 e. The van der Waals surface area contributed by atoms with E-state index in [1.165, 1.54) is 12.1 Å². The van der Waals surface area contributed by atoms with Gasteiger partial charge in [0.1, 0.15) is 5.75 Å². The van der Waals surface area contributed by atoms with Crippen LogP contribution >= 0.6 is 23.2 Å². The van der Waals surface area contributed by atoms with Crippen molar-refractivity contribution in [2.24, 2.45) is 0 Å². The number of benzene rings is 2. The first-order valence-corrected chi connectivity index (χ1v) is 7.22. The highest BCUT2D eigenvalue weighted by Crippen LogP contribution is 2.35. The number of halogens is 2. The molecule has 0 atom stereocenters. The second-order valence-electron chi connectivity index (χ2n) is 4.65. The minimum absolute atomic E-state index is 0.106. The molecule has 130 valence electrons. The van der Waals surface area contributed by atoms with Gasteiger partial charge in [0.25, 0.3) is 5.69 Å². The summed E-state index contributed by atoms with van der Waals surface area (Å²) in [6.07, 6.45) is 0. The Balaban J connectivity index is 2.18. The van der Waals surface area contributed by atoms with Gasteiger partial charge in [-0.1, -0.05) is 23.2 Å². The minimum Gasteiger partial charge on any atom is -0.506 e. The second kappa shape index (κ2) is 7.24. The van der Waals surface area contributed by atoms with Crippen LogP contribution < -0.4 is 10.6 Å². The summed E-state index contributed by atoms with van der Waals surface area (Å²) < 4.78 is 0. The number of rotatable bonds is 3. The Bertz CT molecular complexity index is 887. The van der Waals surface area contributed by atoms with Crippen molar-refractivity contribution in [3.63, 3.8) is 0 Å². The predicted molar refractivity (Wildman–Crippen MR) is 90.1 cm³/mol. The fourth-order valence-corrected chi connectivity index (χ4v) is 2.25. The number of amides is 2. The zero-order chi connectivity index (χ0) is 18.7. The predicted octanol–water partition coefficient (Wildman–Crippen LogP) is 2.89. The van der Waals surface area contributed by atoms with Crippen molar-refractivity contribution in [3.05, 3.63) is 50.5 Å². The standard InChI is InChI=1S/C14H9Cl2N3O6/c15-6-3-8(16)12(21)10(4-6)18-14(23)13(22)17-9-5-7(19(24)25)1-2-11(9)20/h1-5,20-21H,(H,17,22)(H,18,23). The molecule has 0 heterocycles. The molecule has 0 aliphatic rings. The van der Waals surface area contributed by atoms with Gasteiger partial charge in [0.05, 0.1) is 21.3 Å². The summed E-state index contributed by atoms with van der Waals surface area (Å²) in [5, 5.41) is 34.1.